The van der Waals surface area contributed by atoms with Crippen LogP contribution >= 0.6 is 0 Å². The quantitative estimate of drug-likeness (QED) is 0.239. The van der Waals surface area contributed by atoms with E-state index in [-0.39, 0.29) is 11.5 Å². The van der Waals surface area contributed by atoms with Crippen LogP contribution in [0.25, 0.3) is 33.1 Å². The molecule has 1 heterocycles. The van der Waals surface area contributed by atoms with E-state index in [4.69, 9.17) is 4.74 Å². The number of hydrogen-bond acceptors (Lipinski definition) is 4. The number of para-hydroxylation sites is 2. The Morgan fingerprint density at radius 2 is 1.67 bits per heavy atom. The van der Waals surface area contributed by atoms with Gasteiger partial charge in [0.05, 0.1) is 29.4 Å². The fourth-order valence-electron chi connectivity index (χ4n) is 4.41. The molecule has 5 rings (SSSR count). The SMILES string of the molecule is COC(=O)c1cc(-n2c(C)nc3ccccc32)ccc1NC(=O)/C=C(/C)c1ccc2ccccc2c1. The summed E-state index contributed by atoms with van der Waals surface area (Å²) in [6, 6.07) is 27.2. The number of nitrogens with one attached hydrogen (secondary N) is 1. The highest BCUT2D eigenvalue weighted by atomic mass is 16.5. The Kier molecular flexibility index (Phi) is 6.09. The van der Waals surface area contributed by atoms with Gasteiger partial charge >= 0.3 is 5.97 Å². The van der Waals surface area contributed by atoms with Gasteiger partial charge in [0.1, 0.15) is 5.82 Å². The van der Waals surface area contributed by atoms with Crippen LogP contribution in [-0.2, 0) is 9.53 Å². The summed E-state index contributed by atoms with van der Waals surface area (Å²) in [4.78, 5) is 30.2. The smallest absolute Gasteiger partial charge is 0.340 e. The van der Waals surface area contributed by atoms with Crippen LogP contribution in [-0.4, -0.2) is 28.5 Å². The van der Waals surface area contributed by atoms with Gasteiger partial charge in [-0.25, -0.2) is 9.78 Å². The standard InChI is InChI=1S/C30H25N3O3/c1-19(22-13-12-21-8-4-5-9-23(21)17-22)16-29(34)32-26-15-14-24(18-25(26)30(35)36-3)33-20(2)31-27-10-6-7-11-28(27)33/h4-18H,1-3H3,(H,32,34)/b19-16-. The van der Waals surface area contributed by atoms with Gasteiger partial charge < -0.3 is 10.1 Å². The summed E-state index contributed by atoms with van der Waals surface area (Å²) in [5.74, 6) is -0.0787. The minimum atomic E-state index is -0.538. The minimum Gasteiger partial charge on any atom is -0.465 e. The Hall–Kier alpha value is -4.71. The Morgan fingerprint density at radius 3 is 2.47 bits per heavy atom. The molecule has 0 fully saturated rings. The summed E-state index contributed by atoms with van der Waals surface area (Å²) in [6.45, 7) is 3.80. The molecule has 36 heavy (non-hydrogen) atoms. The van der Waals surface area contributed by atoms with Crippen LogP contribution in [0.1, 0.15) is 28.7 Å². The van der Waals surface area contributed by atoms with Crippen LogP contribution in [0, 0.1) is 6.92 Å². The van der Waals surface area contributed by atoms with Crippen molar-refractivity contribution in [3.05, 3.63) is 108 Å². The van der Waals surface area contributed by atoms with Crippen molar-refractivity contribution in [2.45, 2.75) is 13.8 Å². The number of esters is 1. The molecule has 0 unspecified atom stereocenters. The topological polar surface area (TPSA) is 73.2 Å². The van der Waals surface area contributed by atoms with Crippen molar-refractivity contribution in [3.8, 4) is 5.69 Å². The molecule has 6 heteroatoms. The van der Waals surface area contributed by atoms with E-state index in [9.17, 15) is 9.59 Å². The molecule has 0 aliphatic heterocycles. The summed E-state index contributed by atoms with van der Waals surface area (Å²) in [7, 11) is 1.32. The summed E-state index contributed by atoms with van der Waals surface area (Å²) in [5.41, 5.74) is 4.95. The van der Waals surface area contributed by atoms with Crippen molar-refractivity contribution in [3.63, 3.8) is 0 Å². The molecule has 0 atom stereocenters. The molecule has 178 valence electrons. The highest BCUT2D eigenvalue weighted by Crippen LogP contribution is 2.26. The first kappa shape index (κ1) is 23.1. The number of nitrogens with zero attached hydrogens (tertiary/aromatic N) is 2. The fraction of sp³-hybridized carbons (Fsp3) is 0.100. The molecule has 0 spiro atoms. The van der Waals surface area contributed by atoms with Crippen molar-refractivity contribution in [1.82, 2.24) is 9.55 Å². The molecule has 0 saturated heterocycles. The predicted molar refractivity (Wildman–Crippen MR) is 143 cm³/mol. The minimum absolute atomic E-state index is 0.261. The van der Waals surface area contributed by atoms with Gasteiger partial charge in [-0.05, 0) is 72.2 Å². The van der Waals surface area contributed by atoms with E-state index in [1.165, 1.54) is 13.2 Å². The van der Waals surface area contributed by atoms with E-state index >= 15 is 0 Å². The molecule has 0 aliphatic rings. The third kappa shape index (κ3) is 4.36. The zero-order valence-corrected chi connectivity index (χ0v) is 20.3. The molecule has 6 nitrogen and oxygen atoms in total. The monoisotopic (exact) mass is 475 g/mol. The lowest BCUT2D eigenvalue weighted by Gasteiger charge is -2.13. The molecule has 4 aromatic carbocycles. The van der Waals surface area contributed by atoms with Crippen LogP contribution < -0.4 is 5.32 Å². The number of rotatable bonds is 5. The zero-order chi connectivity index (χ0) is 25.2. The molecule has 0 bridgehead atoms. The molecular weight excluding hydrogens is 450 g/mol. The highest BCUT2D eigenvalue weighted by Gasteiger charge is 2.17. The number of aryl methyl sites for hydroxylation is 1. The number of fused-ring (bicyclic) bond motifs is 2. The Bertz CT molecular complexity index is 1660. The highest BCUT2D eigenvalue weighted by molar-refractivity contribution is 6.08. The molecule has 0 saturated carbocycles. The summed E-state index contributed by atoms with van der Waals surface area (Å²) in [5, 5.41) is 5.09. The van der Waals surface area contributed by atoms with Crippen molar-refractivity contribution in [2.75, 3.05) is 12.4 Å². The average molecular weight is 476 g/mol. The summed E-state index contributed by atoms with van der Waals surface area (Å²) < 4.78 is 6.98. The van der Waals surface area contributed by atoms with Crippen LogP contribution in [0.5, 0.6) is 0 Å². The maximum Gasteiger partial charge on any atom is 0.340 e. The number of ether oxygens (including phenoxy) is 1. The lowest BCUT2D eigenvalue weighted by molar-refractivity contribution is -0.111. The number of methoxy groups -OCH3 is 1. The second-order valence-electron chi connectivity index (χ2n) is 8.58. The van der Waals surface area contributed by atoms with Gasteiger partial charge in [-0.3, -0.25) is 9.36 Å². The van der Waals surface area contributed by atoms with Crippen molar-refractivity contribution < 1.29 is 14.3 Å². The van der Waals surface area contributed by atoms with E-state index in [0.717, 1.165) is 44.5 Å². The largest absolute Gasteiger partial charge is 0.465 e. The first-order valence-corrected chi connectivity index (χ1v) is 11.6. The Morgan fingerprint density at radius 1 is 0.917 bits per heavy atom. The number of imidazole rings is 1. The molecule has 1 aromatic heterocycles. The van der Waals surface area contributed by atoms with Crippen molar-refractivity contribution in [1.29, 1.82) is 0 Å². The molecular formula is C30H25N3O3. The maximum absolute atomic E-state index is 12.9. The lowest BCUT2D eigenvalue weighted by Crippen LogP contribution is -2.14. The zero-order valence-electron chi connectivity index (χ0n) is 20.3. The van der Waals surface area contributed by atoms with Crippen molar-refractivity contribution >= 4 is 44.9 Å². The van der Waals surface area contributed by atoms with Gasteiger partial charge in [-0.1, -0.05) is 48.5 Å². The fourth-order valence-corrected chi connectivity index (χ4v) is 4.41. The molecule has 0 radical (unpaired) electrons. The van der Waals surface area contributed by atoms with Crippen molar-refractivity contribution in [2.24, 2.45) is 0 Å². The second-order valence-corrected chi connectivity index (χ2v) is 8.58. The van der Waals surface area contributed by atoms with E-state index in [0.29, 0.717) is 5.69 Å². The lowest BCUT2D eigenvalue weighted by atomic mass is 10.0. The first-order valence-electron chi connectivity index (χ1n) is 11.6. The predicted octanol–water partition coefficient (Wildman–Crippen LogP) is 6.32. The first-order chi connectivity index (χ1) is 17.4. The summed E-state index contributed by atoms with van der Waals surface area (Å²) >= 11 is 0. The number of carbonyl (C=O) groups excluding carboxylic acids is 2. The number of benzene rings is 4. The molecule has 1 amide bonds. The summed E-state index contributed by atoms with van der Waals surface area (Å²) in [6.07, 6.45) is 1.53. The van der Waals surface area contributed by atoms with Crippen LogP contribution in [0.4, 0.5) is 5.69 Å². The third-order valence-corrected chi connectivity index (χ3v) is 6.21. The van der Waals surface area contributed by atoms with E-state index in [2.05, 4.69) is 22.4 Å². The maximum atomic E-state index is 12.9. The van der Waals surface area contributed by atoms with Crippen LogP contribution in [0.3, 0.4) is 0 Å². The molecule has 0 aliphatic carbocycles. The Labute approximate surface area is 208 Å². The van der Waals surface area contributed by atoms with E-state index in [1.54, 1.807) is 12.1 Å². The number of carbonyl (C=O) groups is 2. The van der Waals surface area contributed by atoms with Crippen LogP contribution in [0.15, 0.2) is 91.0 Å². The molecule has 5 aromatic rings. The number of aromatic nitrogens is 2. The number of hydrogen-bond donors (Lipinski definition) is 1. The molecule has 1 N–H and O–H groups in total. The number of amides is 1. The van der Waals surface area contributed by atoms with E-state index < -0.39 is 5.97 Å². The third-order valence-electron chi connectivity index (χ3n) is 6.21. The number of anilines is 1. The van der Waals surface area contributed by atoms with Gasteiger partial charge in [-0.2, -0.15) is 0 Å². The van der Waals surface area contributed by atoms with E-state index in [1.807, 2.05) is 79.1 Å². The second kappa shape index (κ2) is 9.50. The van der Waals surface area contributed by atoms with Gasteiger partial charge in [0.2, 0.25) is 5.91 Å². The van der Waals surface area contributed by atoms with Gasteiger partial charge in [0.15, 0.2) is 0 Å². The van der Waals surface area contributed by atoms with Crippen LogP contribution in [0.2, 0.25) is 0 Å². The number of allylic oxidation sites excluding steroid dienone is 1. The van der Waals surface area contributed by atoms with Gasteiger partial charge in [0.25, 0.3) is 0 Å². The van der Waals surface area contributed by atoms with Gasteiger partial charge in [-0.15, -0.1) is 0 Å². The Balaban J connectivity index is 1.46. The van der Waals surface area contributed by atoms with Gasteiger partial charge in [0, 0.05) is 11.8 Å². The average Bonchev–Trinajstić information content (AvgIpc) is 3.23. The normalized spacial score (nSPS) is 11.6.